The van der Waals surface area contributed by atoms with Crippen LogP contribution in [0.3, 0.4) is 0 Å². The van der Waals surface area contributed by atoms with Gasteiger partial charge in [-0.05, 0) is 17.7 Å². The van der Waals surface area contributed by atoms with Gasteiger partial charge in [0.05, 0.1) is 6.42 Å². The Labute approximate surface area is 97.3 Å². The molecule has 0 bridgehead atoms. The van der Waals surface area contributed by atoms with Gasteiger partial charge in [-0.2, -0.15) is 0 Å². The van der Waals surface area contributed by atoms with Crippen molar-refractivity contribution < 1.29 is 8.81 Å². The fourth-order valence-electron chi connectivity index (χ4n) is 1.32. The summed E-state index contributed by atoms with van der Waals surface area (Å²) in [5, 5.41) is 7.73. The average molecular weight is 241 g/mol. The van der Waals surface area contributed by atoms with Crippen molar-refractivity contribution >= 4 is 11.6 Å². The van der Waals surface area contributed by atoms with Crippen LogP contribution in [0.4, 0.5) is 4.39 Å². The summed E-state index contributed by atoms with van der Waals surface area (Å²) in [5.41, 5.74) is 0.933. The molecular weight excluding hydrogens is 231 g/mol. The van der Waals surface area contributed by atoms with E-state index in [-0.39, 0.29) is 5.82 Å². The molecule has 0 amide bonds. The van der Waals surface area contributed by atoms with Crippen molar-refractivity contribution in [2.75, 3.05) is 5.88 Å². The van der Waals surface area contributed by atoms with Crippen LogP contribution in [-0.4, -0.2) is 16.1 Å². The zero-order chi connectivity index (χ0) is 11.4. The third-order valence-electron chi connectivity index (χ3n) is 2.09. The van der Waals surface area contributed by atoms with Gasteiger partial charge in [-0.15, -0.1) is 21.8 Å². The second kappa shape index (κ2) is 5.07. The molecule has 5 heteroatoms. The first kappa shape index (κ1) is 11.1. The molecule has 0 atom stereocenters. The first-order valence-electron chi connectivity index (χ1n) is 4.89. The molecule has 0 aliphatic rings. The fourth-order valence-corrected chi connectivity index (χ4v) is 1.48. The lowest BCUT2D eigenvalue weighted by atomic mass is 10.1. The molecule has 16 heavy (non-hydrogen) atoms. The third kappa shape index (κ3) is 2.79. The molecule has 0 unspecified atom stereocenters. The first-order valence-corrected chi connectivity index (χ1v) is 5.43. The van der Waals surface area contributed by atoms with Crippen molar-refractivity contribution in [3.8, 4) is 0 Å². The largest absolute Gasteiger partial charge is 0.425 e. The van der Waals surface area contributed by atoms with Gasteiger partial charge < -0.3 is 4.42 Å². The van der Waals surface area contributed by atoms with E-state index in [2.05, 4.69) is 10.2 Å². The minimum Gasteiger partial charge on any atom is -0.425 e. The minimum absolute atomic E-state index is 0.253. The number of nitrogens with zero attached hydrogens (tertiary/aromatic N) is 2. The van der Waals surface area contributed by atoms with Gasteiger partial charge in [-0.25, -0.2) is 4.39 Å². The zero-order valence-corrected chi connectivity index (χ0v) is 9.25. The van der Waals surface area contributed by atoms with Crippen molar-refractivity contribution in [1.29, 1.82) is 0 Å². The van der Waals surface area contributed by atoms with E-state index < -0.39 is 0 Å². The van der Waals surface area contributed by atoms with Gasteiger partial charge in [-0.3, -0.25) is 0 Å². The Morgan fingerprint density at radius 1 is 1.12 bits per heavy atom. The molecule has 3 nitrogen and oxygen atoms in total. The monoisotopic (exact) mass is 240 g/mol. The minimum atomic E-state index is -0.253. The molecule has 0 N–H and O–H groups in total. The van der Waals surface area contributed by atoms with Crippen molar-refractivity contribution in [2.24, 2.45) is 0 Å². The van der Waals surface area contributed by atoms with Crippen LogP contribution in [0, 0.1) is 5.82 Å². The molecule has 0 saturated carbocycles. The van der Waals surface area contributed by atoms with Crippen LogP contribution >= 0.6 is 11.6 Å². The number of aryl methyl sites for hydroxylation is 1. The number of hydrogen-bond donors (Lipinski definition) is 0. The predicted molar refractivity (Wildman–Crippen MR) is 57.9 cm³/mol. The van der Waals surface area contributed by atoms with E-state index in [1.807, 2.05) is 0 Å². The number of halogens is 2. The number of aromatic nitrogens is 2. The summed E-state index contributed by atoms with van der Waals surface area (Å²) in [5.74, 6) is 1.26. The van der Waals surface area contributed by atoms with Gasteiger partial charge in [0.25, 0.3) is 0 Å². The highest BCUT2D eigenvalue weighted by molar-refractivity contribution is 6.17. The summed E-state index contributed by atoms with van der Waals surface area (Å²) in [4.78, 5) is 0. The summed E-state index contributed by atoms with van der Waals surface area (Å²) < 4.78 is 18.0. The smallest absolute Gasteiger partial charge is 0.220 e. The maximum atomic E-state index is 12.7. The quantitative estimate of drug-likeness (QED) is 0.771. The van der Waals surface area contributed by atoms with Gasteiger partial charge in [0, 0.05) is 12.3 Å². The Bertz CT molecular complexity index is 455. The van der Waals surface area contributed by atoms with E-state index in [0.717, 1.165) is 5.56 Å². The van der Waals surface area contributed by atoms with E-state index in [9.17, 15) is 4.39 Å². The topological polar surface area (TPSA) is 38.9 Å². The van der Waals surface area contributed by atoms with Gasteiger partial charge in [-0.1, -0.05) is 12.1 Å². The molecule has 1 aromatic heterocycles. The zero-order valence-electron chi connectivity index (χ0n) is 8.49. The Hall–Kier alpha value is -1.42. The van der Waals surface area contributed by atoms with Crippen LogP contribution in [0.1, 0.15) is 17.3 Å². The lowest BCUT2D eigenvalue weighted by Crippen LogP contribution is -1.88. The maximum Gasteiger partial charge on any atom is 0.220 e. The molecule has 1 heterocycles. The normalized spacial score (nSPS) is 10.6. The highest BCUT2D eigenvalue weighted by atomic mass is 35.5. The van der Waals surface area contributed by atoms with E-state index in [4.69, 9.17) is 16.0 Å². The lowest BCUT2D eigenvalue weighted by Gasteiger charge is -1.95. The molecule has 2 aromatic rings. The van der Waals surface area contributed by atoms with Crippen molar-refractivity contribution in [3.63, 3.8) is 0 Å². The number of benzene rings is 1. The Morgan fingerprint density at radius 2 is 1.81 bits per heavy atom. The van der Waals surface area contributed by atoms with Gasteiger partial charge in [0.1, 0.15) is 5.82 Å². The van der Waals surface area contributed by atoms with Crippen LogP contribution < -0.4 is 0 Å². The fraction of sp³-hybridized carbons (Fsp3) is 0.273. The highest BCUT2D eigenvalue weighted by Crippen LogP contribution is 2.10. The van der Waals surface area contributed by atoms with E-state index >= 15 is 0 Å². The van der Waals surface area contributed by atoms with Crippen LogP contribution in [0.2, 0.25) is 0 Å². The molecular formula is C11H10ClFN2O. The highest BCUT2D eigenvalue weighted by Gasteiger charge is 2.06. The molecule has 0 radical (unpaired) electrons. The van der Waals surface area contributed by atoms with Crippen molar-refractivity contribution in [1.82, 2.24) is 10.2 Å². The standard InChI is InChI=1S/C11H10ClFN2O/c12-6-5-10-14-15-11(16-10)7-8-1-3-9(13)4-2-8/h1-4H,5-7H2. The Morgan fingerprint density at radius 3 is 2.50 bits per heavy atom. The molecule has 2 rings (SSSR count). The average Bonchev–Trinajstić information content (AvgIpc) is 2.70. The van der Waals surface area contributed by atoms with E-state index in [1.165, 1.54) is 12.1 Å². The Balaban J connectivity index is 2.05. The predicted octanol–water partition coefficient (Wildman–Crippen LogP) is 2.58. The molecule has 0 fully saturated rings. The summed E-state index contributed by atoms with van der Waals surface area (Å²) in [6, 6.07) is 6.21. The molecule has 0 aliphatic carbocycles. The van der Waals surface area contributed by atoms with Crippen LogP contribution in [-0.2, 0) is 12.8 Å². The number of rotatable bonds is 4. The van der Waals surface area contributed by atoms with Crippen LogP contribution in [0.15, 0.2) is 28.7 Å². The number of hydrogen-bond acceptors (Lipinski definition) is 3. The van der Waals surface area contributed by atoms with E-state index in [0.29, 0.717) is 30.5 Å². The summed E-state index contributed by atoms with van der Waals surface area (Å²) in [7, 11) is 0. The lowest BCUT2D eigenvalue weighted by molar-refractivity contribution is 0.463. The van der Waals surface area contributed by atoms with Gasteiger partial charge in [0.2, 0.25) is 11.8 Å². The van der Waals surface area contributed by atoms with Crippen LogP contribution in [0.5, 0.6) is 0 Å². The first-order chi connectivity index (χ1) is 7.78. The molecule has 0 saturated heterocycles. The van der Waals surface area contributed by atoms with Crippen LogP contribution in [0.25, 0.3) is 0 Å². The Kier molecular flexibility index (Phi) is 3.51. The molecule has 0 spiro atoms. The maximum absolute atomic E-state index is 12.7. The van der Waals surface area contributed by atoms with Crippen molar-refractivity contribution in [2.45, 2.75) is 12.8 Å². The molecule has 0 aliphatic heterocycles. The SMILES string of the molecule is Fc1ccc(Cc2nnc(CCCl)o2)cc1. The third-order valence-corrected chi connectivity index (χ3v) is 2.27. The van der Waals surface area contributed by atoms with Crippen molar-refractivity contribution in [3.05, 3.63) is 47.4 Å². The number of alkyl halides is 1. The summed E-state index contributed by atoms with van der Waals surface area (Å²) in [6.45, 7) is 0. The van der Waals surface area contributed by atoms with Gasteiger partial charge >= 0.3 is 0 Å². The second-order valence-electron chi connectivity index (χ2n) is 3.33. The summed E-state index contributed by atoms with van der Waals surface area (Å²) >= 11 is 5.55. The second-order valence-corrected chi connectivity index (χ2v) is 3.71. The van der Waals surface area contributed by atoms with Gasteiger partial charge in [0.15, 0.2) is 0 Å². The summed E-state index contributed by atoms with van der Waals surface area (Å²) in [6.07, 6.45) is 1.08. The molecule has 1 aromatic carbocycles. The van der Waals surface area contributed by atoms with E-state index in [1.54, 1.807) is 12.1 Å². The molecule has 84 valence electrons.